The quantitative estimate of drug-likeness (QED) is 0.632. The molecule has 1 aliphatic rings. The minimum atomic E-state index is -0.542. The molecule has 0 radical (unpaired) electrons. The number of methoxy groups -OCH3 is 1. The van der Waals surface area contributed by atoms with Crippen LogP contribution in [0, 0.1) is 0 Å². The molecule has 1 aliphatic heterocycles. The lowest BCUT2D eigenvalue weighted by molar-refractivity contribution is -0.118. The molecule has 2 rings (SSSR count). The molecule has 1 heterocycles. The monoisotopic (exact) mass is 346 g/mol. The van der Waals surface area contributed by atoms with Crippen LogP contribution in [0.3, 0.4) is 0 Å². The molecule has 0 aliphatic carbocycles. The zero-order valence-electron chi connectivity index (χ0n) is 15.8. The van der Waals surface area contributed by atoms with Crippen LogP contribution in [0.4, 0.5) is 5.69 Å². The van der Waals surface area contributed by atoms with Gasteiger partial charge in [0.1, 0.15) is 5.75 Å². The van der Waals surface area contributed by atoms with Crippen molar-refractivity contribution in [2.45, 2.75) is 45.8 Å². The topological polar surface area (TPSA) is 82.8 Å². The molecule has 1 saturated heterocycles. The second-order valence-corrected chi connectivity index (χ2v) is 7.22. The molecule has 0 atom stereocenters. The average Bonchev–Trinajstić information content (AvgIpc) is 2.71. The number of amides is 1. The number of anilines is 1. The Balaban J connectivity index is 2.33. The molecule has 25 heavy (non-hydrogen) atoms. The molecule has 0 aromatic heterocycles. The Morgan fingerprint density at radius 3 is 2.36 bits per heavy atom. The highest BCUT2D eigenvalue weighted by Crippen LogP contribution is 2.38. The fourth-order valence-corrected chi connectivity index (χ4v) is 2.48. The molecule has 0 bridgehead atoms. The summed E-state index contributed by atoms with van der Waals surface area (Å²) in [6.07, 6.45) is 1.92. The van der Waals surface area contributed by atoms with Crippen molar-refractivity contribution in [3.8, 4) is 5.75 Å². The van der Waals surface area contributed by atoms with E-state index >= 15 is 0 Å². The summed E-state index contributed by atoms with van der Waals surface area (Å²) < 4.78 is 17.4. The zero-order valence-corrected chi connectivity index (χ0v) is 15.8. The molecule has 1 aromatic carbocycles. The summed E-state index contributed by atoms with van der Waals surface area (Å²) in [5.41, 5.74) is 7.32. The lowest BCUT2D eigenvalue weighted by Crippen LogP contribution is -2.41. The number of ether oxygens (including phenoxy) is 1. The minimum absolute atomic E-state index is 0.114. The third-order valence-electron chi connectivity index (χ3n) is 4.70. The van der Waals surface area contributed by atoms with Gasteiger partial charge in [-0.3, -0.25) is 4.79 Å². The molecular weight excluding hydrogens is 319 g/mol. The Labute approximate surface area is 149 Å². The van der Waals surface area contributed by atoms with E-state index in [2.05, 4.69) is 5.32 Å². The van der Waals surface area contributed by atoms with Gasteiger partial charge in [-0.15, -0.1) is 0 Å². The number of hydrogen-bond acceptors (Lipinski definition) is 5. The van der Waals surface area contributed by atoms with Crippen molar-refractivity contribution in [3.05, 3.63) is 29.2 Å². The highest BCUT2D eigenvalue weighted by molar-refractivity contribution is 6.56. The van der Waals surface area contributed by atoms with Crippen molar-refractivity contribution < 1.29 is 18.8 Å². The Morgan fingerprint density at radius 2 is 1.88 bits per heavy atom. The molecule has 1 amide bonds. The van der Waals surface area contributed by atoms with E-state index in [1.165, 1.54) is 6.92 Å². The van der Waals surface area contributed by atoms with Gasteiger partial charge in [0, 0.05) is 13.5 Å². The summed E-state index contributed by atoms with van der Waals surface area (Å²) in [6.45, 7) is 9.79. The highest BCUT2D eigenvalue weighted by Gasteiger charge is 2.52. The van der Waals surface area contributed by atoms with E-state index in [0.29, 0.717) is 18.0 Å². The SMILES string of the molecule is COc1ccc(C=C(CNC(C)=O)B2OC(C)(C)C(C)(C)O2)cc1N. The third-order valence-corrected chi connectivity index (χ3v) is 4.70. The van der Waals surface area contributed by atoms with Crippen LogP contribution in [0.15, 0.2) is 23.7 Å². The predicted octanol–water partition coefficient (Wildman–Crippen LogP) is 2.43. The molecular formula is C18H27BN2O4. The van der Waals surface area contributed by atoms with Gasteiger partial charge in [-0.1, -0.05) is 12.1 Å². The lowest BCUT2D eigenvalue weighted by atomic mass is 9.77. The first-order chi connectivity index (χ1) is 11.6. The molecule has 0 spiro atoms. The molecule has 1 fully saturated rings. The largest absolute Gasteiger partial charge is 0.495 e. The van der Waals surface area contributed by atoms with Crippen molar-refractivity contribution in [1.82, 2.24) is 5.32 Å². The second-order valence-electron chi connectivity index (χ2n) is 7.22. The maximum absolute atomic E-state index is 11.4. The second kappa shape index (κ2) is 7.10. The first-order valence-electron chi connectivity index (χ1n) is 8.30. The number of nitrogen functional groups attached to an aromatic ring is 1. The van der Waals surface area contributed by atoms with Crippen molar-refractivity contribution in [1.29, 1.82) is 0 Å². The van der Waals surface area contributed by atoms with E-state index in [1.807, 2.05) is 45.9 Å². The zero-order chi connectivity index (χ0) is 18.8. The van der Waals surface area contributed by atoms with E-state index in [0.717, 1.165) is 11.0 Å². The smallest absolute Gasteiger partial charge is 0.492 e. The van der Waals surface area contributed by atoms with Gasteiger partial charge in [-0.2, -0.15) is 0 Å². The Kier molecular flexibility index (Phi) is 5.49. The Hall–Kier alpha value is -1.99. The average molecular weight is 346 g/mol. The molecule has 1 aromatic rings. The van der Waals surface area contributed by atoms with Crippen molar-refractivity contribution in [2.75, 3.05) is 19.4 Å². The van der Waals surface area contributed by atoms with Crippen LogP contribution in [0.2, 0.25) is 0 Å². The van der Waals surface area contributed by atoms with Crippen LogP contribution < -0.4 is 15.8 Å². The Morgan fingerprint density at radius 1 is 1.28 bits per heavy atom. The van der Waals surface area contributed by atoms with Crippen LogP contribution in [0.25, 0.3) is 6.08 Å². The molecule has 0 saturated carbocycles. The fourth-order valence-electron chi connectivity index (χ4n) is 2.48. The van der Waals surface area contributed by atoms with Gasteiger partial charge < -0.3 is 25.1 Å². The highest BCUT2D eigenvalue weighted by atomic mass is 16.7. The summed E-state index contributed by atoms with van der Waals surface area (Å²) in [5, 5.41) is 2.81. The number of nitrogens with two attached hydrogens (primary N) is 1. The van der Waals surface area contributed by atoms with Crippen molar-refractivity contribution >= 4 is 24.8 Å². The summed E-state index contributed by atoms with van der Waals surface area (Å²) in [7, 11) is 1.04. The number of carbonyl (C=O) groups is 1. The first-order valence-corrected chi connectivity index (χ1v) is 8.30. The lowest BCUT2D eigenvalue weighted by Gasteiger charge is -2.32. The van der Waals surface area contributed by atoms with Crippen molar-refractivity contribution in [2.24, 2.45) is 0 Å². The summed E-state index contributed by atoms with van der Waals surface area (Å²) in [5.74, 6) is 0.507. The summed E-state index contributed by atoms with van der Waals surface area (Å²) >= 11 is 0. The van der Waals surface area contributed by atoms with Gasteiger partial charge in [0.25, 0.3) is 0 Å². The van der Waals surface area contributed by atoms with E-state index in [1.54, 1.807) is 13.2 Å². The molecule has 136 valence electrons. The Bertz CT molecular complexity index is 670. The van der Waals surface area contributed by atoms with Crippen LogP contribution in [0.1, 0.15) is 40.2 Å². The first kappa shape index (κ1) is 19.3. The van der Waals surface area contributed by atoms with Crippen LogP contribution in [-0.4, -0.2) is 37.9 Å². The molecule has 0 unspecified atom stereocenters. The summed E-state index contributed by atoms with van der Waals surface area (Å²) in [4.78, 5) is 11.4. The van der Waals surface area contributed by atoms with Crippen LogP contribution >= 0.6 is 0 Å². The fraction of sp³-hybridized carbons (Fsp3) is 0.500. The van der Waals surface area contributed by atoms with E-state index in [-0.39, 0.29) is 5.91 Å². The maximum atomic E-state index is 11.4. The minimum Gasteiger partial charge on any atom is -0.495 e. The van der Waals surface area contributed by atoms with Gasteiger partial charge in [0.15, 0.2) is 0 Å². The summed E-state index contributed by atoms with van der Waals surface area (Å²) in [6, 6.07) is 5.52. The number of carbonyl (C=O) groups excluding carboxylic acids is 1. The van der Waals surface area contributed by atoms with E-state index in [4.69, 9.17) is 19.8 Å². The number of hydrogen-bond donors (Lipinski definition) is 2. The third kappa shape index (κ3) is 4.35. The molecule has 3 N–H and O–H groups in total. The number of rotatable bonds is 5. The maximum Gasteiger partial charge on any atom is 0.492 e. The number of benzene rings is 1. The van der Waals surface area contributed by atoms with E-state index < -0.39 is 18.3 Å². The van der Waals surface area contributed by atoms with E-state index in [9.17, 15) is 4.79 Å². The standard InChI is InChI=1S/C18H27BN2O4/c1-12(22)21-11-14(19-24-17(2,3)18(4,5)25-19)9-13-7-8-16(23-6)15(20)10-13/h7-10H,11,20H2,1-6H3,(H,21,22). The van der Waals surface area contributed by atoms with Crippen LogP contribution in [0.5, 0.6) is 5.75 Å². The van der Waals surface area contributed by atoms with Gasteiger partial charge in [0.2, 0.25) is 5.91 Å². The van der Waals surface area contributed by atoms with Crippen molar-refractivity contribution in [3.63, 3.8) is 0 Å². The van der Waals surface area contributed by atoms with Crippen LogP contribution in [-0.2, 0) is 14.1 Å². The molecule has 6 nitrogen and oxygen atoms in total. The van der Waals surface area contributed by atoms with Gasteiger partial charge >= 0.3 is 7.12 Å². The van der Waals surface area contributed by atoms with Gasteiger partial charge in [-0.25, -0.2) is 0 Å². The number of nitrogens with one attached hydrogen (secondary N) is 1. The predicted molar refractivity (Wildman–Crippen MR) is 100 cm³/mol. The van der Waals surface area contributed by atoms with Gasteiger partial charge in [0.05, 0.1) is 24.0 Å². The van der Waals surface area contributed by atoms with Gasteiger partial charge in [-0.05, 0) is 50.9 Å². The molecule has 7 heteroatoms. The normalized spacial score (nSPS) is 19.0.